The summed E-state index contributed by atoms with van der Waals surface area (Å²) in [4.78, 5) is 4.26. The van der Waals surface area contributed by atoms with E-state index in [0.717, 1.165) is 23.5 Å². The number of aromatic nitrogens is 2. The highest BCUT2D eigenvalue weighted by atomic mass is 19.4. The topological polar surface area (TPSA) is 29.9 Å². The van der Waals surface area contributed by atoms with Crippen molar-refractivity contribution in [1.29, 1.82) is 0 Å². The smallest absolute Gasteiger partial charge is 0.329 e. The molecule has 1 aromatic heterocycles. The van der Waals surface area contributed by atoms with Crippen molar-refractivity contribution in [1.82, 2.24) is 14.9 Å². The van der Waals surface area contributed by atoms with Crippen molar-refractivity contribution in [3.63, 3.8) is 0 Å². The molecule has 0 spiro atoms. The van der Waals surface area contributed by atoms with E-state index in [1.54, 1.807) is 6.20 Å². The SMILES string of the molecule is CC(C)NCc1nccn1Cc1ccc(C(F)(F)F)cc1. The molecule has 0 saturated carbocycles. The summed E-state index contributed by atoms with van der Waals surface area (Å²) in [6, 6.07) is 5.57. The molecule has 0 radical (unpaired) electrons. The van der Waals surface area contributed by atoms with Crippen molar-refractivity contribution in [3.05, 3.63) is 53.6 Å². The third-order valence-corrected chi connectivity index (χ3v) is 3.10. The molecule has 0 bridgehead atoms. The Balaban J connectivity index is 2.07. The lowest BCUT2D eigenvalue weighted by molar-refractivity contribution is -0.137. The molecule has 21 heavy (non-hydrogen) atoms. The van der Waals surface area contributed by atoms with Gasteiger partial charge in [-0.2, -0.15) is 13.2 Å². The van der Waals surface area contributed by atoms with Crippen molar-refractivity contribution in [2.45, 2.75) is 39.2 Å². The van der Waals surface area contributed by atoms with Gasteiger partial charge in [-0.1, -0.05) is 26.0 Å². The highest BCUT2D eigenvalue weighted by Gasteiger charge is 2.29. The van der Waals surface area contributed by atoms with Crippen molar-refractivity contribution in [3.8, 4) is 0 Å². The van der Waals surface area contributed by atoms with Gasteiger partial charge in [-0.3, -0.25) is 0 Å². The highest BCUT2D eigenvalue weighted by Crippen LogP contribution is 2.29. The normalized spacial score (nSPS) is 12.1. The van der Waals surface area contributed by atoms with Crippen molar-refractivity contribution >= 4 is 0 Å². The molecule has 0 saturated heterocycles. The van der Waals surface area contributed by atoms with E-state index in [4.69, 9.17) is 0 Å². The van der Waals surface area contributed by atoms with Crippen LogP contribution in [0.4, 0.5) is 13.2 Å². The van der Waals surface area contributed by atoms with Gasteiger partial charge in [0.1, 0.15) is 5.82 Å². The number of nitrogens with zero attached hydrogens (tertiary/aromatic N) is 2. The zero-order valence-electron chi connectivity index (χ0n) is 12.0. The molecule has 0 fully saturated rings. The highest BCUT2D eigenvalue weighted by molar-refractivity contribution is 5.25. The van der Waals surface area contributed by atoms with Gasteiger partial charge in [0.25, 0.3) is 0 Å². The average Bonchev–Trinajstić information content (AvgIpc) is 2.83. The maximum atomic E-state index is 12.5. The van der Waals surface area contributed by atoms with E-state index >= 15 is 0 Å². The first-order valence-corrected chi connectivity index (χ1v) is 6.76. The average molecular weight is 297 g/mol. The van der Waals surface area contributed by atoms with Crippen LogP contribution in [0.5, 0.6) is 0 Å². The van der Waals surface area contributed by atoms with Gasteiger partial charge in [0.05, 0.1) is 12.1 Å². The first-order valence-electron chi connectivity index (χ1n) is 6.76. The van der Waals surface area contributed by atoms with Gasteiger partial charge in [-0.25, -0.2) is 4.98 Å². The van der Waals surface area contributed by atoms with Gasteiger partial charge in [0.2, 0.25) is 0 Å². The van der Waals surface area contributed by atoms with Gasteiger partial charge in [-0.05, 0) is 17.7 Å². The number of hydrogen-bond donors (Lipinski definition) is 1. The molecule has 0 aliphatic rings. The lowest BCUT2D eigenvalue weighted by atomic mass is 10.1. The van der Waals surface area contributed by atoms with Crippen LogP contribution in [0.2, 0.25) is 0 Å². The molecule has 1 heterocycles. The van der Waals surface area contributed by atoms with E-state index in [1.807, 2.05) is 24.6 Å². The fourth-order valence-electron chi connectivity index (χ4n) is 1.94. The molecule has 0 atom stereocenters. The number of halogens is 3. The first kappa shape index (κ1) is 15.6. The van der Waals surface area contributed by atoms with Crippen molar-refractivity contribution in [2.24, 2.45) is 0 Å². The van der Waals surface area contributed by atoms with Crippen LogP contribution in [0.1, 0.15) is 30.8 Å². The molecule has 0 aliphatic carbocycles. The summed E-state index contributed by atoms with van der Waals surface area (Å²) >= 11 is 0. The van der Waals surface area contributed by atoms with Gasteiger partial charge >= 0.3 is 6.18 Å². The number of hydrogen-bond acceptors (Lipinski definition) is 2. The molecule has 0 unspecified atom stereocenters. The fourth-order valence-corrected chi connectivity index (χ4v) is 1.94. The summed E-state index contributed by atoms with van der Waals surface area (Å²) in [5.74, 6) is 0.864. The summed E-state index contributed by atoms with van der Waals surface area (Å²) in [6.07, 6.45) is -0.768. The molecule has 2 rings (SSSR count). The lowest BCUT2D eigenvalue weighted by Crippen LogP contribution is -2.24. The van der Waals surface area contributed by atoms with E-state index in [9.17, 15) is 13.2 Å². The molecular weight excluding hydrogens is 279 g/mol. The Morgan fingerprint density at radius 1 is 1.19 bits per heavy atom. The second-order valence-corrected chi connectivity index (χ2v) is 5.20. The Morgan fingerprint density at radius 3 is 2.43 bits per heavy atom. The molecule has 6 heteroatoms. The minimum atomic E-state index is -4.29. The fraction of sp³-hybridized carbons (Fsp3) is 0.400. The summed E-state index contributed by atoms with van der Waals surface area (Å²) in [7, 11) is 0. The Labute approximate surface area is 121 Å². The van der Waals surface area contributed by atoms with E-state index in [-0.39, 0.29) is 0 Å². The summed E-state index contributed by atoms with van der Waals surface area (Å²) in [6.45, 7) is 5.23. The van der Waals surface area contributed by atoms with E-state index in [0.29, 0.717) is 19.1 Å². The molecule has 0 aliphatic heterocycles. The van der Waals surface area contributed by atoms with Gasteiger partial charge in [0, 0.05) is 25.0 Å². The molecule has 0 amide bonds. The van der Waals surface area contributed by atoms with E-state index < -0.39 is 11.7 Å². The summed E-state index contributed by atoms with van der Waals surface area (Å²) < 4.78 is 39.5. The van der Waals surface area contributed by atoms with Crippen LogP contribution in [0.3, 0.4) is 0 Å². The zero-order chi connectivity index (χ0) is 15.5. The van der Waals surface area contributed by atoms with Crippen LogP contribution in [0, 0.1) is 0 Å². The quantitative estimate of drug-likeness (QED) is 0.916. The molecule has 1 N–H and O–H groups in total. The predicted octanol–water partition coefficient (Wildman–Crippen LogP) is 3.45. The Bertz CT molecular complexity index is 571. The van der Waals surface area contributed by atoms with Crippen molar-refractivity contribution in [2.75, 3.05) is 0 Å². The third-order valence-electron chi connectivity index (χ3n) is 3.10. The molecule has 1 aromatic carbocycles. The summed E-state index contributed by atoms with van der Waals surface area (Å²) in [5.41, 5.74) is 0.186. The second-order valence-electron chi connectivity index (χ2n) is 5.20. The maximum absolute atomic E-state index is 12.5. The minimum Gasteiger partial charge on any atom is -0.329 e. The van der Waals surface area contributed by atoms with Crippen LogP contribution in [0.15, 0.2) is 36.7 Å². The van der Waals surface area contributed by atoms with E-state index in [1.165, 1.54) is 12.1 Å². The predicted molar refractivity (Wildman–Crippen MR) is 74.7 cm³/mol. The zero-order valence-corrected chi connectivity index (χ0v) is 12.0. The largest absolute Gasteiger partial charge is 0.416 e. The Kier molecular flexibility index (Phi) is 4.67. The van der Waals surface area contributed by atoms with Crippen LogP contribution in [-0.4, -0.2) is 15.6 Å². The number of benzene rings is 1. The molecular formula is C15H18F3N3. The number of rotatable bonds is 5. The minimum absolute atomic E-state index is 0.348. The molecule has 2 aromatic rings. The Hall–Kier alpha value is -1.82. The molecule has 114 valence electrons. The third kappa shape index (κ3) is 4.32. The standard InChI is InChI=1S/C15H18F3N3/c1-11(2)20-9-14-19-7-8-21(14)10-12-3-5-13(6-4-12)15(16,17)18/h3-8,11,20H,9-10H2,1-2H3. The molecule has 3 nitrogen and oxygen atoms in total. The lowest BCUT2D eigenvalue weighted by Gasteiger charge is -2.12. The Morgan fingerprint density at radius 2 is 1.86 bits per heavy atom. The number of nitrogens with one attached hydrogen (secondary N) is 1. The first-order chi connectivity index (χ1) is 9.86. The van der Waals surface area contributed by atoms with Crippen molar-refractivity contribution < 1.29 is 13.2 Å². The van der Waals surface area contributed by atoms with Crippen LogP contribution in [0.25, 0.3) is 0 Å². The number of imidazole rings is 1. The second kappa shape index (κ2) is 6.30. The van der Waals surface area contributed by atoms with Crippen LogP contribution >= 0.6 is 0 Å². The van der Waals surface area contributed by atoms with Crippen LogP contribution in [-0.2, 0) is 19.3 Å². The number of alkyl halides is 3. The monoisotopic (exact) mass is 297 g/mol. The van der Waals surface area contributed by atoms with Gasteiger partial charge < -0.3 is 9.88 Å². The van der Waals surface area contributed by atoms with Gasteiger partial charge in [0.15, 0.2) is 0 Å². The maximum Gasteiger partial charge on any atom is 0.416 e. The summed E-state index contributed by atoms with van der Waals surface area (Å²) in [5, 5.41) is 3.27. The van der Waals surface area contributed by atoms with E-state index in [2.05, 4.69) is 10.3 Å². The van der Waals surface area contributed by atoms with Crippen LogP contribution < -0.4 is 5.32 Å². The van der Waals surface area contributed by atoms with Gasteiger partial charge in [-0.15, -0.1) is 0 Å².